The van der Waals surface area contributed by atoms with Crippen LogP contribution in [0.5, 0.6) is 0 Å². The van der Waals surface area contributed by atoms with Crippen molar-refractivity contribution < 1.29 is 27.4 Å². The number of nitriles is 2. The summed E-state index contributed by atoms with van der Waals surface area (Å²) < 4.78 is 52.8. The fraction of sp³-hybridized carbons (Fsp3) is 0.233. The zero-order valence-corrected chi connectivity index (χ0v) is 23.5. The lowest BCUT2D eigenvalue weighted by Crippen LogP contribution is -2.26. The third kappa shape index (κ3) is 6.09. The van der Waals surface area contributed by atoms with Crippen LogP contribution in [0.1, 0.15) is 47.9 Å². The molecule has 0 bridgehead atoms. The zero-order chi connectivity index (χ0) is 30.6. The van der Waals surface area contributed by atoms with Gasteiger partial charge in [0.05, 0.1) is 41.2 Å². The smallest absolute Gasteiger partial charge is 0.417 e. The summed E-state index contributed by atoms with van der Waals surface area (Å²) in [7, 11) is 1.16. The lowest BCUT2D eigenvalue weighted by molar-refractivity contribution is -0.138. The minimum absolute atomic E-state index is 0.0173. The molecule has 2 N–H and O–H groups in total. The van der Waals surface area contributed by atoms with Gasteiger partial charge in [0, 0.05) is 18.0 Å². The number of halogens is 3. The average molecular weight is 592 g/mol. The Kier molecular flexibility index (Phi) is 8.88. The summed E-state index contributed by atoms with van der Waals surface area (Å²) in [6.45, 7) is 4.04. The zero-order valence-electron chi connectivity index (χ0n) is 22.7. The van der Waals surface area contributed by atoms with Gasteiger partial charge in [0.1, 0.15) is 28.5 Å². The number of nitrogens with zero attached hydrogens (tertiary/aromatic N) is 4. The van der Waals surface area contributed by atoms with E-state index in [9.17, 15) is 28.5 Å². The Hall–Kier alpha value is -4.81. The van der Waals surface area contributed by atoms with Crippen molar-refractivity contribution in [3.05, 3.63) is 99.9 Å². The molecule has 0 radical (unpaired) electrons. The van der Waals surface area contributed by atoms with Crippen LogP contribution in [-0.4, -0.2) is 28.8 Å². The number of rotatable bonds is 7. The van der Waals surface area contributed by atoms with Gasteiger partial charge in [-0.1, -0.05) is 49.9 Å². The van der Waals surface area contributed by atoms with E-state index in [1.165, 1.54) is 24.5 Å². The molecule has 0 saturated carbocycles. The van der Waals surface area contributed by atoms with E-state index in [0.29, 0.717) is 11.1 Å². The summed E-state index contributed by atoms with van der Waals surface area (Å²) in [5.74, 6) is -2.06. The lowest BCUT2D eigenvalue weighted by atomic mass is 9.82. The Morgan fingerprint density at radius 3 is 2.36 bits per heavy atom. The van der Waals surface area contributed by atoms with E-state index in [2.05, 4.69) is 9.97 Å². The molecule has 0 amide bonds. The van der Waals surface area contributed by atoms with Gasteiger partial charge < -0.3 is 15.2 Å². The number of alkyl halides is 3. The fourth-order valence-corrected chi connectivity index (χ4v) is 5.37. The Morgan fingerprint density at radius 1 is 1.14 bits per heavy atom. The van der Waals surface area contributed by atoms with E-state index in [1.807, 2.05) is 32.0 Å². The van der Waals surface area contributed by atoms with Crippen LogP contribution in [0.4, 0.5) is 13.2 Å². The topological polar surface area (TPSA) is 135 Å². The molecule has 0 spiro atoms. The molecule has 2 aromatic heterocycles. The highest BCUT2D eigenvalue weighted by Gasteiger charge is 2.39. The average Bonchev–Trinajstić information content (AvgIpc) is 2.98. The lowest BCUT2D eigenvalue weighted by Gasteiger charge is -2.28. The molecule has 4 rings (SSSR count). The molecule has 3 aromatic rings. The van der Waals surface area contributed by atoms with Crippen LogP contribution >= 0.6 is 11.8 Å². The number of thioether (sulfide) groups is 1. The molecular formula is C30H24F3N5O3S. The Balaban J connectivity index is 1.83. The van der Waals surface area contributed by atoms with Gasteiger partial charge >= 0.3 is 12.1 Å². The Labute approximate surface area is 244 Å². The van der Waals surface area contributed by atoms with E-state index in [4.69, 9.17) is 15.2 Å². The van der Waals surface area contributed by atoms with Crippen LogP contribution in [0, 0.1) is 22.7 Å². The van der Waals surface area contributed by atoms with E-state index in [-0.39, 0.29) is 45.2 Å². The van der Waals surface area contributed by atoms with Gasteiger partial charge in [-0.2, -0.15) is 23.7 Å². The minimum atomic E-state index is -4.84. The first kappa shape index (κ1) is 30.2. The number of esters is 1. The number of pyridine rings is 2. The van der Waals surface area contributed by atoms with E-state index in [1.54, 1.807) is 18.2 Å². The van der Waals surface area contributed by atoms with E-state index < -0.39 is 29.2 Å². The molecule has 3 heterocycles. The van der Waals surface area contributed by atoms with Gasteiger partial charge in [0.25, 0.3) is 0 Å². The molecule has 1 aliphatic rings. The van der Waals surface area contributed by atoms with Crippen molar-refractivity contribution in [2.24, 2.45) is 5.73 Å². The second kappa shape index (κ2) is 12.4. The van der Waals surface area contributed by atoms with Crippen LogP contribution < -0.4 is 5.73 Å². The van der Waals surface area contributed by atoms with Gasteiger partial charge in [-0.25, -0.2) is 9.78 Å². The molecular weight excluding hydrogens is 567 g/mol. The van der Waals surface area contributed by atoms with Crippen molar-refractivity contribution in [2.45, 2.75) is 36.9 Å². The van der Waals surface area contributed by atoms with Crippen LogP contribution in [0.2, 0.25) is 0 Å². The maximum atomic E-state index is 14.0. The molecule has 1 atom stereocenters. The number of nitrogens with two attached hydrogens (primary N) is 1. The van der Waals surface area contributed by atoms with Crippen molar-refractivity contribution in [2.75, 3.05) is 12.9 Å². The number of carbonyl (C=O) groups excluding carboxylic acids is 1. The first-order valence-electron chi connectivity index (χ1n) is 12.5. The predicted octanol–water partition coefficient (Wildman–Crippen LogP) is 6.18. The molecule has 0 saturated heterocycles. The van der Waals surface area contributed by atoms with Gasteiger partial charge in [-0.05, 0) is 35.2 Å². The van der Waals surface area contributed by atoms with Crippen LogP contribution in [0.15, 0.2) is 82.7 Å². The first-order valence-corrected chi connectivity index (χ1v) is 13.5. The van der Waals surface area contributed by atoms with Gasteiger partial charge in [0.15, 0.2) is 0 Å². The molecule has 12 heteroatoms. The van der Waals surface area contributed by atoms with Gasteiger partial charge in [-0.3, -0.25) is 4.98 Å². The van der Waals surface area contributed by atoms with E-state index in [0.717, 1.165) is 30.5 Å². The summed E-state index contributed by atoms with van der Waals surface area (Å²) in [4.78, 5) is 21.3. The van der Waals surface area contributed by atoms with Gasteiger partial charge in [0.2, 0.25) is 5.88 Å². The summed E-state index contributed by atoms with van der Waals surface area (Å²) in [6, 6.07) is 14.7. The number of hydrogen-bond acceptors (Lipinski definition) is 9. The molecule has 0 fully saturated rings. The van der Waals surface area contributed by atoms with Crippen molar-refractivity contribution >= 4 is 17.7 Å². The van der Waals surface area contributed by atoms with Crippen molar-refractivity contribution in [3.8, 4) is 23.4 Å². The normalized spacial score (nSPS) is 15.2. The van der Waals surface area contributed by atoms with Crippen LogP contribution in [0.3, 0.4) is 0 Å². The number of allylic oxidation sites excluding steroid dienone is 1. The maximum absolute atomic E-state index is 14.0. The second-order valence-electron chi connectivity index (χ2n) is 9.44. The van der Waals surface area contributed by atoms with Crippen molar-refractivity contribution in [1.82, 2.24) is 9.97 Å². The number of benzene rings is 1. The van der Waals surface area contributed by atoms with Gasteiger partial charge in [-0.15, -0.1) is 0 Å². The standard InChI is InChI=1S/C30H24F3N5O3S/c1-16(2)17-4-6-19(7-5-17)25-21(14-35)27(36)41-24(26(25)29(39)40-3)15-42-28-20(13-34)22(30(31,32)33)12-23(38-28)18-8-10-37-11-9-18/h4-12,16,25H,15,36H2,1-3H3. The molecule has 1 aliphatic heterocycles. The molecule has 8 nitrogen and oxygen atoms in total. The number of methoxy groups -OCH3 is 1. The summed E-state index contributed by atoms with van der Waals surface area (Å²) in [5, 5.41) is 19.4. The SMILES string of the molecule is COC(=O)C1=C(CSc2nc(-c3ccncc3)cc(C(F)(F)F)c2C#N)OC(N)=C(C#N)C1c1ccc(C(C)C)cc1. The quantitative estimate of drug-likeness (QED) is 0.252. The first-order chi connectivity index (χ1) is 20.0. The molecule has 1 aromatic carbocycles. The van der Waals surface area contributed by atoms with Crippen molar-refractivity contribution in [1.29, 1.82) is 10.5 Å². The predicted molar refractivity (Wildman–Crippen MR) is 148 cm³/mol. The highest BCUT2D eigenvalue weighted by atomic mass is 32.2. The number of hydrogen-bond donors (Lipinski definition) is 1. The summed E-state index contributed by atoms with van der Waals surface area (Å²) in [5.41, 5.74) is 6.17. The monoisotopic (exact) mass is 591 g/mol. The highest BCUT2D eigenvalue weighted by molar-refractivity contribution is 7.99. The fourth-order valence-electron chi connectivity index (χ4n) is 4.43. The molecule has 0 aliphatic carbocycles. The molecule has 214 valence electrons. The Bertz CT molecular complexity index is 1650. The third-order valence-electron chi connectivity index (χ3n) is 6.56. The number of carbonyl (C=O) groups is 1. The molecule has 42 heavy (non-hydrogen) atoms. The van der Waals surface area contributed by atoms with E-state index >= 15 is 0 Å². The summed E-state index contributed by atoms with van der Waals surface area (Å²) in [6.07, 6.45) is -2.02. The maximum Gasteiger partial charge on any atom is 0.417 e. The Morgan fingerprint density at radius 2 is 1.81 bits per heavy atom. The highest BCUT2D eigenvalue weighted by Crippen LogP contribution is 2.43. The summed E-state index contributed by atoms with van der Waals surface area (Å²) >= 11 is 0.762. The number of aromatic nitrogens is 2. The van der Waals surface area contributed by atoms with Crippen LogP contribution in [0.25, 0.3) is 11.3 Å². The second-order valence-corrected chi connectivity index (χ2v) is 10.4. The number of ether oxygens (including phenoxy) is 2. The third-order valence-corrected chi connectivity index (χ3v) is 7.53. The molecule has 1 unspecified atom stereocenters. The van der Waals surface area contributed by atoms with Crippen LogP contribution in [-0.2, 0) is 20.4 Å². The minimum Gasteiger partial charge on any atom is -0.466 e. The van der Waals surface area contributed by atoms with Crippen molar-refractivity contribution in [3.63, 3.8) is 0 Å². The largest absolute Gasteiger partial charge is 0.466 e.